The zero-order valence-electron chi connectivity index (χ0n) is 11.7. The number of carbonyl (C=O) groups excluding carboxylic acids is 1. The lowest BCUT2D eigenvalue weighted by Gasteiger charge is -2.26. The molecule has 1 aromatic rings. The summed E-state index contributed by atoms with van der Waals surface area (Å²) in [6, 6.07) is -0.0357. The lowest BCUT2D eigenvalue weighted by atomic mass is 10.3. The number of anilines is 1. The quantitative estimate of drug-likeness (QED) is 0.829. The molecule has 1 aromatic heterocycles. The van der Waals surface area contributed by atoms with E-state index in [4.69, 9.17) is 5.11 Å². The van der Waals surface area contributed by atoms with Gasteiger partial charge in [0, 0.05) is 18.8 Å². The molecule has 0 aliphatic heterocycles. The molecule has 1 aliphatic rings. The highest BCUT2D eigenvalue weighted by atomic mass is 16.4. The van der Waals surface area contributed by atoms with Crippen molar-refractivity contribution in [3.8, 4) is 0 Å². The van der Waals surface area contributed by atoms with Crippen LogP contribution in [-0.2, 0) is 11.3 Å². The molecule has 2 rings (SSSR count). The fourth-order valence-corrected chi connectivity index (χ4v) is 1.96. The molecule has 7 heteroatoms. The standard InChI is InChI=1S/C13H20N4O3/c1-9(2)17(6-10-3-4-10)13(20)15-11-5-14-16(7-11)8-12(18)19/h5,7,9-10H,3-4,6,8H2,1-2H3,(H,15,20)(H,18,19). The number of rotatable bonds is 6. The zero-order valence-corrected chi connectivity index (χ0v) is 11.7. The van der Waals surface area contributed by atoms with Crippen molar-refractivity contribution in [3.05, 3.63) is 12.4 Å². The predicted molar refractivity (Wildman–Crippen MR) is 73.4 cm³/mol. The first-order valence-electron chi connectivity index (χ1n) is 6.77. The Hall–Kier alpha value is -2.05. The largest absolute Gasteiger partial charge is 0.480 e. The van der Waals surface area contributed by atoms with E-state index in [0.29, 0.717) is 11.6 Å². The van der Waals surface area contributed by atoms with Gasteiger partial charge in [-0.15, -0.1) is 0 Å². The van der Waals surface area contributed by atoms with Crippen molar-refractivity contribution in [2.24, 2.45) is 5.92 Å². The van der Waals surface area contributed by atoms with Crippen LogP contribution in [0.25, 0.3) is 0 Å². The van der Waals surface area contributed by atoms with E-state index in [2.05, 4.69) is 10.4 Å². The van der Waals surface area contributed by atoms with Crippen molar-refractivity contribution in [1.29, 1.82) is 0 Å². The molecule has 1 heterocycles. The Morgan fingerprint density at radius 1 is 1.55 bits per heavy atom. The highest BCUT2D eigenvalue weighted by Gasteiger charge is 2.28. The van der Waals surface area contributed by atoms with Gasteiger partial charge in [-0.05, 0) is 32.6 Å². The molecule has 1 fully saturated rings. The van der Waals surface area contributed by atoms with Gasteiger partial charge >= 0.3 is 12.0 Å². The van der Waals surface area contributed by atoms with Gasteiger partial charge in [-0.3, -0.25) is 9.48 Å². The zero-order chi connectivity index (χ0) is 14.7. The average Bonchev–Trinajstić information content (AvgIpc) is 3.07. The molecule has 1 aliphatic carbocycles. The minimum Gasteiger partial charge on any atom is -0.480 e. The minimum absolute atomic E-state index is 0.129. The van der Waals surface area contributed by atoms with E-state index in [1.54, 1.807) is 4.90 Å². The number of urea groups is 1. The summed E-state index contributed by atoms with van der Waals surface area (Å²) in [7, 11) is 0. The molecule has 0 radical (unpaired) electrons. The van der Waals surface area contributed by atoms with Gasteiger partial charge < -0.3 is 15.3 Å². The number of nitrogens with one attached hydrogen (secondary N) is 1. The lowest BCUT2D eigenvalue weighted by molar-refractivity contribution is -0.137. The molecule has 1 saturated carbocycles. The Bertz CT molecular complexity index is 494. The van der Waals surface area contributed by atoms with Gasteiger partial charge in [0.2, 0.25) is 0 Å². The Kier molecular flexibility index (Phi) is 4.26. The van der Waals surface area contributed by atoms with E-state index in [9.17, 15) is 9.59 Å². The normalized spacial score (nSPS) is 14.3. The van der Waals surface area contributed by atoms with Crippen LogP contribution >= 0.6 is 0 Å². The number of carboxylic acid groups (broad SMARTS) is 1. The van der Waals surface area contributed by atoms with Crippen molar-refractivity contribution in [1.82, 2.24) is 14.7 Å². The number of amides is 2. The summed E-state index contributed by atoms with van der Waals surface area (Å²) in [4.78, 5) is 24.6. The second-order valence-corrected chi connectivity index (χ2v) is 5.44. The molecule has 7 nitrogen and oxygen atoms in total. The second kappa shape index (κ2) is 5.94. The van der Waals surface area contributed by atoms with Gasteiger partial charge in [-0.1, -0.05) is 0 Å². The van der Waals surface area contributed by atoms with Crippen LogP contribution in [0.5, 0.6) is 0 Å². The number of aliphatic carboxylic acids is 1. The highest BCUT2D eigenvalue weighted by molar-refractivity contribution is 5.89. The Morgan fingerprint density at radius 2 is 2.25 bits per heavy atom. The maximum absolute atomic E-state index is 12.2. The summed E-state index contributed by atoms with van der Waals surface area (Å²) in [5.74, 6) is -0.346. The van der Waals surface area contributed by atoms with E-state index in [1.807, 2.05) is 13.8 Å². The van der Waals surface area contributed by atoms with Gasteiger partial charge in [-0.25, -0.2) is 4.79 Å². The van der Waals surface area contributed by atoms with Crippen molar-refractivity contribution in [3.63, 3.8) is 0 Å². The summed E-state index contributed by atoms with van der Waals surface area (Å²) in [5, 5.41) is 15.3. The van der Waals surface area contributed by atoms with Gasteiger partial charge in [0.25, 0.3) is 0 Å². The SMILES string of the molecule is CC(C)N(CC1CC1)C(=O)Nc1cnn(CC(=O)O)c1. The van der Waals surface area contributed by atoms with Crippen LogP contribution in [0.1, 0.15) is 26.7 Å². The van der Waals surface area contributed by atoms with Gasteiger partial charge in [0.1, 0.15) is 6.54 Å². The molecule has 0 spiro atoms. The summed E-state index contributed by atoms with van der Waals surface area (Å²) in [6.45, 7) is 4.52. The molecule has 20 heavy (non-hydrogen) atoms. The molecule has 2 amide bonds. The van der Waals surface area contributed by atoms with Crippen LogP contribution < -0.4 is 5.32 Å². The molecule has 110 valence electrons. The van der Waals surface area contributed by atoms with E-state index < -0.39 is 5.97 Å². The monoisotopic (exact) mass is 280 g/mol. The molecular formula is C13H20N4O3. The summed E-state index contributed by atoms with van der Waals surface area (Å²) in [6.07, 6.45) is 5.35. The lowest BCUT2D eigenvalue weighted by Crippen LogP contribution is -2.41. The van der Waals surface area contributed by atoms with E-state index in [1.165, 1.54) is 29.9 Å². The van der Waals surface area contributed by atoms with E-state index >= 15 is 0 Å². The first-order valence-corrected chi connectivity index (χ1v) is 6.77. The van der Waals surface area contributed by atoms with E-state index in [-0.39, 0.29) is 18.6 Å². The van der Waals surface area contributed by atoms with Crippen molar-refractivity contribution < 1.29 is 14.7 Å². The topological polar surface area (TPSA) is 87.5 Å². The maximum atomic E-state index is 12.2. The molecule has 0 aromatic carbocycles. The Balaban J connectivity index is 1.94. The maximum Gasteiger partial charge on any atom is 0.325 e. The summed E-state index contributed by atoms with van der Waals surface area (Å²) < 4.78 is 1.28. The Labute approximate surface area is 117 Å². The van der Waals surface area contributed by atoms with Crippen LogP contribution in [0, 0.1) is 5.92 Å². The summed E-state index contributed by atoms with van der Waals surface area (Å²) in [5.41, 5.74) is 0.512. The number of carboxylic acids is 1. The molecule has 0 unspecified atom stereocenters. The molecule has 2 N–H and O–H groups in total. The summed E-state index contributed by atoms with van der Waals surface area (Å²) >= 11 is 0. The third kappa shape index (κ3) is 3.97. The van der Waals surface area contributed by atoms with Gasteiger partial charge in [0.05, 0.1) is 11.9 Å². The van der Waals surface area contributed by atoms with Crippen LogP contribution in [0.3, 0.4) is 0 Å². The Morgan fingerprint density at radius 3 is 2.80 bits per heavy atom. The highest BCUT2D eigenvalue weighted by Crippen LogP contribution is 2.30. The molecule has 0 bridgehead atoms. The third-order valence-corrected chi connectivity index (χ3v) is 3.22. The fourth-order valence-electron chi connectivity index (χ4n) is 1.96. The third-order valence-electron chi connectivity index (χ3n) is 3.22. The van der Waals surface area contributed by atoms with Crippen LogP contribution in [0.2, 0.25) is 0 Å². The van der Waals surface area contributed by atoms with Crippen LogP contribution in [-0.4, -0.2) is 44.4 Å². The average molecular weight is 280 g/mol. The number of hydrogen-bond acceptors (Lipinski definition) is 3. The van der Waals surface area contributed by atoms with Gasteiger partial charge in [-0.2, -0.15) is 5.10 Å². The number of hydrogen-bond donors (Lipinski definition) is 2. The van der Waals surface area contributed by atoms with Crippen LogP contribution in [0.15, 0.2) is 12.4 Å². The first kappa shape index (κ1) is 14.4. The second-order valence-electron chi connectivity index (χ2n) is 5.44. The molecule has 0 atom stereocenters. The van der Waals surface area contributed by atoms with Crippen molar-refractivity contribution >= 4 is 17.7 Å². The molecular weight excluding hydrogens is 260 g/mol. The fraction of sp³-hybridized carbons (Fsp3) is 0.615. The van der Waals surface area contributed by atoms with Crippen LogP contribution in [0.4, 0.5) is 10.5 Å². The number of aromatic nitrogens is 2. The van der Waals surface area contributed by atoms with Gasteiger partial charge in [0.15, 0.2) is 0 Å². The molecule has 0 saturated heterocycles. The first-order chi connectivity index (χ1) is 9.45. The van der Waals surface area contributed by atoms with Crippen molar-refractivity contribution in [2.45, 2.75) is 39.3 Å². The van der Waals surface area contributed by atoms with Crippen molar-refractivity contribution in [2.75, 3.05) is 11.9 Å². The number of carbonyl (C=O) groups is 2. The minimum atomic E-state index is -0.969. The predicted octanol–water partition coefficient (Wildman–Crippen LogP) is 1.62. The number of nitrogens with zero attached hydrogens (tertiary/aromatic N) is 3. The smallest absolute Gasteiger partial charge is 0.325 e. The van der Waals surface area contributed by atoms with E-state index in [0.717, 1.165) is 6.54 Å².